The van der Waals surface area contributed by atoms with Crippen molar-refractivity contribution in [1.82, 2.24) is 0 Å². The largest absolute Gasteiger partial charge is 0.455 e. The first-order valence-corrected chi connectivity index (χ1v) is 19.0. The molecule has 0 spiro atoms. The van der Waals surface area contributed by atoms with E-state index in [0.29, 0.717) is 24.4 Å². The minimum atomic E-state index is -1.57. The van der Waals surface area contributed by atoms with Crippen molar-refractivity contribution in [2.75, 3.05) is 0 Å². The molecule has 8 rings (SSSR count). The van der Waals surface area contributed by atoms with E-state index in [1.807, 2.05) is 0 Å². The Balaban J connectivity index is 0.991. The summed E-state index contributed by atoms with van der Waals surface area (Å²) in [5.41, 5.74) is 0. The predicted octanol–water partition coefficient (Wildman–Crippen LogP) is 5.82. The van der Waals surface area contributed by atoms with E-state index in [2.05, 4.69) is 26.2 Å². The molecular formula is C24H42O3Si2. The Morgan fingerprint density at radius 3 is 1.52 bits per heavy atom. The molecule has 4 bridgehead atoms. The summed E-state index contributed by atoms with van der Waals surface area (Å²) < 4.78 is 19.1. The number of hydrogen-bond donors (Lipinski definition) is 0. The molecule has 6 aliphatic carbocycles. The zero-order chi connectivity index (χ0) is 20.0. The van der Waals surface area contributed by atoms with Gasteiger partial charge in [-0.1, -0.05) is 12.8 Å². The van der Waals surface area contributed by atoms with Crippen molar-refractivity contribution < 1.29 is 13.6 Å². The highest BCUT2D eigenvalue weighted by atomic mass is 28.4. The predicted molar refractivity (Wildman–Crippen MR) is 121 cm³/mol. The molecule has 8 fully saturated rings. The Morgan fingerprint density at radius 2 is 1.10 bits per heavy atom. The van der Waals surface area contributed by atoms with Gasteiger partial charge in [0.05, 0.1) is 24.4 Å². The van der Waals surface area contributed by atoms with Gasteiger partial charge < -0.3 is 13.6 Å². The molecule has 8 aliphatic rings. The molecule has 0 radical (unpaired) electrons. The van der Waals surface area contributed by atoms with Crippen LogP contribution in [0.15, 0.2) is 0 Å². The summed E-state index contributed by atoms with van der Waals surface area (Å²) in [6.45, 7) is 10.0. The Kier molecular flexibility index (Phi) is 4.75. The van der Waals surface area contributed by atoms with Gasteiger partial charge in [-0.05, 0) is 112 Å². The smallest absolute Gasteiger partial charge is 0.173 e. The molecule has 0 aromatic heterocycles. The molecule has 10 unspecified atom stereocenters. The fraction of sp³-hybridized carbons (Fsp3) is 1.00. The van der Waals surface area contributed by atoms with Crippen LogP contribution < -0.4 is 0 Å². The summed E-state index contributed by atoms with van der Waals surface area (Å²) in [6, 6.07) is 2.72. The van der Waals surface area contributed by atoms with E-state index in [4.69, 9.17) is 13.6 Å². The molecule has 0 amide bonds. The standard InChI is InChI=1S/C24H42O3Si2/c1-28(2,11-9-15-13-17-5-7-19(15)23-21(17)25-23)27-29(3,4)12-10-16-14-18-6-8-20(16)24-22(18)26-24/h15-24H,5-14H2,1-4H3. The van der Waals surface area contributed by atoms with Crippen molar-refractivity contribution in [2.45, 2.75) is 114 Å². The quantitative estimate of drug-likeness (QED) is 0.356. The van der Waals surface area contributed by atoms with Crippen molar-refractivity contribution in [2.24, 2.45) is 35.5 Å². The monoisotopic (exact) mass is 434 g/mol. The van der Waals surface area contributed by atoms with Gasteiger partial charge in [-0.3, -0.25) is 0 Å². The second-order valence-corrected chi connectivity index (χ2v) is 21.7. The number of fused-ring (bicyclic) bond motifs is 4. The van der Waals surface area contributed by atoms with Crippen LogP contribution in [0.3, 0.4) is 0 Å². The first-order valence-electron chi connectivity index (χ1n) is 12.8. The van der Waals surface area contributed by atoms with E-state index in [1.165, 1.54) is 63.5 Å². The van der Waals surface area contributed by atoms with Crippen LogP contribution in [-0.4, -0.2) is 41.1 Å². The normalized spacial score (nSPS) is 49.7. The van der Waals surface area contributed by atoms with Crippen LogP contribution in [-0.2, 0) is 13.6 Å². The van der Waals surface area contributed by atoms with Crippen LogP contribution in [0.5, 0.6) is 0 Å². The molecule has 29 heavy (non-hydrogen) atoms. The number of epoxide rings is 2. The van der Waals surface area contributed by atoms with Crippen LogP contribution in [0.2, 0.25) is 38.3 Å². The third-order valence-corrected chi connectivity index (χ3v) is 17.3. The molecule has 164 valence electrons. The van der Waals surface area contributed by atoms with E-state index >= 15 is 0 Å². The van der Waals surface area contributed by atoms with E-state index in [0.717, 1.165) is 35.5 Å². The average Bonchev–Trinajstić information content (AvgIpc) is 3.57. The van der Waals surface area contributed by atoms with Gasteiger partial charge in [0.25, 0.3) is 0 Å². The first kappa shape index (κ1) is 20.0. The molecule has 0 aromatic carbocycles. The molecule has 6 saturated carbocycles. The topological polar surface area (TPSA) is 34.3 Å². The number of ether oxygens (including phenoxy) is 2. The van der Waals surface area contributed by atoms with Crippen LogP contribution in [0.4, 0.5) is 0 Å². The molecule has 2 saturated heterocycles. The van der Waals surface area contributed by atoms with Crippen molar-refractivity contribution in [3.63, 3.8) is 0 Å². The first-order chi connectivity index (χ1) is 13.8. The van der Waals surface area contributed by atoms with Gasteiger partial charge in [-0.15, -0.1) is 0 Å². The summed E-state index contributed by atoms with van der Waals surface area (Å²) >= 11 is 0. The summed E-state index contributed by atoms with van der Waals surface area (Å²) in [4.78, 5) is 0. The highest BCUT2D eigenvalue weighted by Gasteiger charge is 2.60. The van der Waals surface area contributed by atoms with E-state index in [1.54, 1.807) is 0 Å². The Morgan fingerprint density at radius 1 is 0.655 bits per heavy atom. The minimum absolute atomic E-state index is 0.657. The van der Waals surface area contributed by atoms with Crippen molar-refractivity contribution in [1.29, 1.82) is 0 Å². The molecule has 2 heterocycles. The van der Waals surface area contributed by atoms with E-state index in [9.17, 15) is 0 Å². The van der Waals surface area contributed by atoms with Gasteiger partial charge in [0, 0.05) is 0 Å². The maximum Gasteiger partial charge on any atom is 0.173 e. The number of rotatable bonds is 8. The zero-order valence-corrected chi connectivity index (χ0v) is 21.1. The van der Waals surface area contributed by atoms with Crippen LogP contribution in [0.25, 0.3) is 0 Å². The lowest BCUT2D eigenvalue weighted by molar-refractivity contribution is 0.128. The lowest BCUT2D eigenvalue weighted by Crippen LogP contribution is -2.46. The van der Waals surface area contributed by atoms with Gasteiger partial charge in [0.15, 0.2) is 16.6 Å². The summed E-state index contributed by atoms with van der Waals surface area (Å²) in [5.74, 6) is 5.43. The molecule has 0 aromatic rings. The van der Waals surface area contributed by atoms with Gasteiger partial charge in [0.2, 0.25) is 0 Å². The molecule has 5 heteroatoms. The lowest BCUT2D eigenvalue weighted by atomic mass is 9.64. The van der Waals surface area contributed by atoms with E-state index < -0.39 is 16.6 Å². The zero-order valence-electron chi connectivity index (χ0n) is 19.1. The maximum absolute atomic E-state index is 7.06. The van der Waals surface area contributed by atoms with Gasteiger partial charge in [0.1, 0.15) is 0 Å². The van der Waals surface area contributed by atoms with Crippen molar-refractivity contribution in [3.8, 4) is 0 Å². The summed E-state index contributed by atoms with van der Waals surface area (Å²) in [6.07, 6.45) is 14.1. The molecule has 0 N–H and O–H groups in total. The minimum Gasteiger partial charge on any atom is -0.455 e. The highest BCUT2D eigenvalue weighted by molar-refractivity contribution is 6.84. The molecular weight excluding hydrogens is 392 g/mol. The van der Waals surface area contributed by atoms with Crippen LogP contribution in [0, 0.1) is 35.5 Å². The second-order valence-electron chi connectivity index (χ2n) is 12.8. The third kappa shape index (κ3) is 3.75. The lowest BCUT2D eigenvalue weighted by Gasteiger charge is -2.42. The molecule has 3 nitrogen and oxygen atoms in total. The Hall–Kier alpha value is 0.314. The second kappa shape index (κ2) is 6.90. The average molecular weight is 435 g/mol. The van der Waals surface area contributed by atoms with Crippen LogP contribution >= 0.6 is 0 Å². The van der Waals surface area contributed by atoms with Gasteiger partial charge >= 0.3 is 0 Å². The maximum atomic E-state index is 7.06. The van der Waals surface area contributed by atoms with E-state index in [-0.39, 0.29) is 0 Å². The summed E-state index contributed by atoms with van der Waals surface area (Å²) in [7, 11) is -3.14. The van der Waals surface area contributed by atoms with Crippen LogP contribution in [0.1, 0.15) is 51.4 Å². The van der Waals surface area contributed by atoms with Gasteiger partial charge in [-0.2, -0.15) is 0 Å². The third-order valence-electron chi connectivity index (χ3n) is 9.85. The summed E-state index contributed by atoms with van der Waals surface area (Å²) in [5, 5.41) is 0. The fourth-order valence-electron chi connectivity index (χ4n) is 8.41. The Bertz CT molecular complexity index is 598. The van der Waals surface area contributed by atoms with Gasteiger partial charge in [-0.25, -0.2) is 0 Å². The Labute approximate surface area is 179 Å². The van der Waals surface area contributed by atoms with Crippen molar-refractivity contribution >= 4 is 16.6 Å². The molecule has 10 atom stereocenters. The number of hydrogen-bond acceptors (Lipinski definition) is 3. The fourth-order valence-corrected chi connectivity index (χ4v) is 17.3. The highest BCUT2D eigenvalue weighted by Crippen LogP contribution is 2.57. The van der Waals surface area contributed by atoms with Crippen molar-refractivity contribution in [3.05, 3.63) is 0 Å². The SMILES string of the molecule is C[Si](C)(CCC1CC2CCC1C1OC21)O[Si](C)(C)CCC1CC2CCC1C1OC21. The molecule has 2 aliphatic heterocycles.